The molecule has 1 saturated heterocycles. The van der Waals surface area contributed by atoms with E-state index in [1.807, 2.05) is 0 Å². The summed E-state index contributed by atoms with van der Waals surface area (Å²) in [5.74, 6) is 6.12. The lowest BCUT2D eigenvalue weighted by Gasteiger charge is -2.36. The van der Waals surface area contributed by atoms with Gasteiger partial charge in [-0.15, -0.1) is 35.9 Å². The highest BCUT2D eigenvalue weighted by atomic mass is 32.2. The van der Waals surface area contributed by atoms with Crippen LogP contribution in [0, 0.1) is 23.7 Å². The molecule has 0 N–H and O–H groups in total. The van der Waals surface area contributed by atoms with Crippen molar-refractivity contribution in [3.05, 3.63) is 11.6 Å². The Bertz CT molecular complexity index is 296. The summed E-state index contributed by atoms with van der Waals surface area (Å²) < 4.78 is 0.659. The standard InChI is InChI=1S/C15H24S2/c1-6-7-8-9-12(2)14-16-10-13(11-17-14)15(3,4)5/h1,9,13-14H,7-8,10-11H2,2-5H3. The predicted molar refractivity (Wildman–Crippen MR) is 83.5 cm³/mol. The normalized spacial score (nSPS) is 26.6. The zero-order valence-electron chi connectivity index (χ0n) is 11.5. The number of rotatable bonds is 3. The van der Waals surface area contributed by atoms with Crippen molar-refractivity contribution in [1.82, 2.24) is 0 Å². The fraction of sp³-hybridized carbons (Fsp3) is 0.733. The SMILES string of the molecule is C#CCCC=C(C)C1SCC(C(C)(C)C)CS1. The predicted octanol–water partition coefficient (Wildman–Crippen LogP) is 4.81. The average Bonchev–Trinajstić information content (AvgIpc) is 2.28. The topological polar surface area (TPSA) is 0 Å². The molecule has 1 aliphatic rings. The van der Waals surface area contributed by atoms with Crippen LogP contribution in [0.25, 0.3) is 0 Å². The first-order valence-corrected chi connectivity index (χ1v) is 8.38. The van der Waals surface area contributed by atoms with Gasteiger partial charge in [0.05, 0.1) is 4.58 Å². The van der Waals surface area contributed by atoms with Crippen molar-refractivity contribution in [2.24, 2.45) is 11.3 Å². The van der Waals surface area contributed by atoms with Crippen LogP contribution in [-0.2, 0) is 0 Å². The summed E-state index contributed by atoms with van der Waals surface area (Å²) >= 11 is 4.21. The van der Waals surface area contributed by atoms with Gasteiger partial charge >= 0.3 is 0 Å². The van der Waals surface area contributed by atoms with Crippen LogP contribution in [0.5, 0.6) is 0 Å². The minimum absolute atomic E-state index is 0.450. The molecule has 0 unspecified atom stereocenters. The zero-order valence-corrected chi connectivity index (χ0v) is 13.1. The Balaban J connectivity index is 2.42. The van der Waals surface area contributed by atoms with Gasteiger partial charge in [0.25, 0.3) is 0 Å². The van der Waals surface area contributed by atoms with Gasteiger partial charge in [-0.2, -0.15) is 0 Å². The molecular formula is C15H24S2. The first-order valence-electron chi connectivity index (χ1n) is 6.28. The molecule has 2 heteroatoms. The Morgan fingerprint density at radius 3 is 2.41 bits per heavy atom. The summed E-state index contributed by atoms with van der Waals surface area (Å²) in [7, 11) is 0. The number of allylic oxidation sites excluding steroid dienone is 1. The summed E-state index contributed by atoms with van der Waals surface area (Å²) in [4.78, 5) is 0. The van der Waals surface area contributed by atoms with Gasteiger partial charge in [-0.1, -0.05) is 32.4 Å². The smallest absolute Gasteiger partial charge is 0.0708 e. The van der Waals surface area contributed by atoms with Gasteiger partial charge < -0.3 is 0 Å². The molecule has 96 valence electrons. The van der Waals surface area contributed by atoms with Crippen molar-refractivity contribution >= 4 is 23.5 Å². The fourth-order valence-corrected chi connectivity index (χ4v) is 5.52. The summed E-state index contributed by atoms with van der Waals surface area (Å²) in [5.41, 5.74) is 1.95. The van der Waals surface area contributed by atoms with E-state index in [0.717, 1.165) is 18.8 Å². The highest BCUT2D eigenvalue weighted by Crippen LogP contribution is 2.43. The van der Waals surface area contributed by atoms with E-state index in [2.05, 4.69) is 63.2 Å². The van der Waals surface area contributed by atoms with Crippen LogP contribution in [-0.4, -0.2) is 16.1 Å². The zero-order chi connectivity index (χ0) is 12.9. The summed E-state index contributed by atoms with van der Waals surface area (Å²) in [6.45, 7) is 9.32. The van der Waals surface area contributed by atoms with Crippen LogP contribution in [0.4, 0.5) is 0 Å². The molecule has 0 aromatic rings. The molecule has 0 aromatic heterocycles. The monoisotopic (exact) mass is 268 g/mol. The molecular weight excluding hydrogens is 244 g/mol. The van der Waals surface area contributed by atoms with Gasteiger partial charge in [0.15, 0.2) is 0 Å². The largest absolute Gasteiger partial charge is 0.143 e. The molecule has 17 heavy (non-hydrogen) atoms. The maximum absolute atomic E-state index is 5.27. The van der Waals surface area contributed by atoms with Crippen LogP contribution < -0.4 is 0 Å². The Labute approximate surface area is 115 Å². The second-order valence-electron chi connectivity index (χ2n) is 5.75. The third-order valence-electron chi connectivity index (χ3n) is 3.25. The number of terminal acetylenes is 1. The first kappa shape index (κ1) is 15.1. The highest BCUT2D eigenvalue weighted by Gasteiger charge is 2.30. The van der Waals surface area contributed by atoms with Gasteiger partial charge in [-0.25, -0.2) is 0 Å². The minimum atomic E-state index is 0.450. The third kappa shape index (κ3) is 5.02. The van der Waals surface area contributed by atoms with Gasteiger partial charge in [0.1, 0.15) is 0 Å². The van der Waals surface area contributed by atoms with Crippen LogP contribution >= 0.6 is 23.5 Å². The van der Waals surface area contributed by atoms with Crippen LogP contribution in [0.15, 0.2) is 11.6 Å². The Morgan fingerprint density at radius 2 is 1.94 bits per heavy atom. The van der Waals surface area contributed by atoms with E-state index < -0.39 is 0 Å². The lowest BCUT2D eigenvalue weighted by molar-refractivity contribution is 0.293. The number of hydrogen-bond acceptors (Lipinski definition) is 2. The Morgan fingerprint density at radius 1 is 1.35 bits per heavy atom. The Kier molecular flexibility index (Phi) is 6.03. The van der Waals surface area contributed by atoms with Crippen molar-refractivity contribution < 1.29 is 0 Å². The number of thioether (sulfide) groups is 2. The van der Waals surface area contributed by atoms with Crippen molar-refractivity contribution in [3.8, 4) is 12.3 Å². The van der Waals surface area contributed by atoms with Crippen LogP contribution in [0.2, 0.25) is 0 Å². The van der Waals surface area contributed by atoms with Crippen molar-refractivity contribution in [3.63, 3.8) is 0 Å². The molecule has 0 atom stereocenters. The lowest BCUT2D eigenvalue weighted by atomic mass is 9.83. The highest BCUT2D eigenvalue weighted by molar-refractivity contribution is 8.17. The second kappa shape index (κ2) is 6.81. The van der Waals surface area contributed by atoms with Gasteiger partial charge in [0.2, 0.25) is 0 Å². The van der Waals surface area contributed by atoms with E-state index in [1.165, 1.54) is 17.1 Å². The van der Waals surface area contributed by atoms with E-state index in [-0.39, 0.29) is 0 Å². The Hall–Kier alpha value is -0.000000000000000111. The molecule has 0 spiro atoms. The summed E-state index contributed by atoms with van der Waals surface area (Å²) in [6, 6.07) is 0. The molecule has 0 bridgehead atoms. The molecule has 0 nitrogen and oxygen atoms in total. The molecule has 1 heterocycles. The van der Waals surface area contributed by atoms with Crippen molar-refractivity contribution in [1.29, 1.82) is 0 Å². The lowest BCUT2D eigenvalue weighted by Crippen LogP contribution is -2.29. The molecule has 0 amide bonds. The summed E-state index contributed by atoms with van der Waals surface area (Å²) in [6.07, 6.45) is 9.49. The molecule has 0 aliphatic carbocycles. The molecule has 1 aliphatic heterocycles. The molecule has 1 rings (SSSR count). The maximum atomic E-state index is 5.27. The second-order valence-corrected chi connectivity index (χ2v) is 8.33. The quantitative estimate of drug-likeness (QED) is 0.409. The van der Waals surface area contributed by atoms with E-state index in [4.69, 9.17) is 6.42 Å². The van der Waals surface area contributed by atoms with Crippen molar-refractivity contribution in [2.75, 3.05) is 11.5 Å². The molecule has 0 radical (unpaired) electrons. The van der Waals surface area contributed by atoms with Crippen LogP contribution in [0.1, 0.15) is 40.5 Å². The minimum Gasteiger partial charge on any atom is -0.143 e. The van der Waals surface area contributed by atoms with E-state index >= 15 is 0 Å². The fourth-order valence-electron chi connectivity index (χ4n) is 1.75. The molecule has 1 fully saturated rings. The maximum Gasteiger partial charge on any atom is 0.0708 e. The van der Waals surface area contributed by atoms with E-state index in [1.54, 1.807) is 0 Å². The molecule has 0 aromatic carbocycles. The van der Waals surface area contributed by atoms with E-state index in [9.17, 15) is 0 Å². The third-order valence-corrected chi connectivity index (χ3v) is 6.60. The first-order chi connectivity index (χ1) is 7.95. The van der Waals surface area contributed by atoms with Gasteiger partial charge in [-0.3, -0.25) is 0 Å². The van der Waals surface area contributed by atoms with E-state index in [0.29, 0.717) is 10.00 Å². The number of unbranched alkanes of at least 4 members (excludes halogenated alkanes) is 1. The van der Waals surface area contributed by atoms with Gasteiger partial charge in [0, 0.05) is 6.42 Å². The van der Waals surface area contributed by atoms with Gasteiger partial charge in [-0.05, 0) is 36.2 Å². The summed E-state index contributed by atoms with van der Waals surface area (Å²) in [5, 5.41) is 0. The van der Waals surface area contributed by atoms with Crippen molar-refractivity contribution in [2.45, 2.75) is 45.1 Å². The van der Waals surface area contributed by atoms with Crippen LogP contribution in [0.3, 0.4) is 0 Å². The molecule has 0 saturated carbocycles. The number of hydrogen-bond donors (Lipinski definition) is 0. The average molecular weight is 268 g/mol.